The van der Waals surface area contributed by atoms with Crippen molar-refractivity contribution < 1.29 is 20.1 Å². The van der Waals surface area contributed by atoms with Crippen molar-refractivity contribution in [3.63, 3.8) is 0 Å². The second-order valence-corrected chi connectivity index (χ2v) is 9.66. The van der Waals surface area contributed by atoms with Crippen LogP contribution in [0.2, 0.25) is 0 Å². The molecule has 2 aliphatic rings. The van der Waals surface area contributed by atoms with Crippen LogP contribution in [-0.4, -0.2) is 40.2 Å². The first-order chi connectivity index (χ1) is 16.5. The Hall–Kier alpha value is -1.72. The van der Waals surface area contributed by atoms with Crippen LogP contribution in [0.15, 0.2) is 30.3 Å². The van der Waals surface area contributed by atoms with Crippen LogP contribution in [0.4, 0.5) is 0 Å². The van der Waals surface area contributed by atoms with E-state index in [4.69, 9.17) is 4.74 Å². The summed E-state index contributed by atoms with van der Waals surface area (Å²) in [6, 6.07) is 11.0. The van der Waals surface area contributed by atoms with E-state index in [1.807, 2.05) is 20.8 Å². The molecule has 0 bridgehead atoms. The lowest BCUT2D eigenvalue weighted by atomic mass is 9.78. The summed E-state index contributed by atoms with van der Waals surface area (Å²) in [5, 5.41) is 31.5. The summed E-state index contributed by atoms with van der Waals surface area (Å²) in [7, 11) is 0. The van der Waals surface area contributed by atoms with Gasteiger partial charge in [-0.05, 0) is 78.8 Å². The van der Waals surface area contributed by atoms with E-state index in [1.165, 1.54) is 39.8 Å². The fourth-order valence-electron chi connectivity index (χ4n) is 5.72. The summed E-state index contributed by atoms with van der Waals surface area (Å²) >= 11 is 0. The number of aliphatic hydroxyl groups is 3. The molecule has 2 aromatic carbocycles. The summed E-state index contributed by atoms with van der Waals surface area (Å²) in [5.41, 5.74) is 9.29. The first kappa shape index (κ1) is 26.9. The molecule has 1 saturated heterocycles. The maximum atomic E-state index is 10.8. The van der Waals surface area contributed by atoms with E-state index in [-0.39, 0.29) is 6.61 Å². The van der Waals surface area contributed by atoms with Gasteiger partial charge in [-0.1, -0.05) is 70.0 Å². The van der Waals surface area contributed by atoms with Gasteiger partial charge in [0.05, 0.1) is 24.9 Å². The number of aryl methyl sites for hydroxylation is 1. The van der Waals surface area contributed by atoms with E-state index >= 15 is 0 Å². The number of fused-ring (bicyclic) bond motifs is 1. The number of hydrogen-bond acceptors (Lipinski definition) is 4. The van der Waals surface area contributed by atoms with Crippen LogP contribution in [0.3, 0.4) is 0 Å². The topological polar surface area (TPSA) is 69.9 Å². The minimum absolute atomic E-state index is 0.213. The maximum Gasteiger partial charge on any atom is 0.106 e. The van der Waals surface area contributed by atoms with E-state index in [0.717, 1.165) is 37.7 Å². The van der Waals surface area contributed by atoms with E-state index in [2.05, 4.69) is 44.2 Å². The summed E-state index contributed by atoms with van der Waals surface area (Å²) in [6.45, 7) is 10.1. The maximum absolute atomic E-state index is 10.8. The van der Waals surface area contributed by atoms with Gasteiger partial charge in [0.15, 0.2) is 0 Å². The van der Waals surface area contributed by atoms with Gasteiger partial charge in [-0.25, -0.2) is 0 Å². The molecule has 1 fully saturated rings. The Balaban J connectivity index is 0.00000158. The van der Waals surface area contributed by atoms with Crippen LogP contribution in [0.1, 0.15) is 92.0 Å². The number of ether oxygens (including phenoxy) is 1. The predicted octanol–water partition coefficient (Wildman–Crippen LogP) is 5.23. The molecule has 5 atom stereocenters. The molecule has 4 nitrogen and oxygen atoms in total. The van der Waals surface area contributed by atoms with Crippen LogP contribution in [0.5, 0.6) is 0 Å². The molecule has 0 aromatic heterocycles. The Morgan fingerprint density at radius 2 is 1.65 bits per heavy atom. The van der Waals surface area contributed by atoms with Crippen molar-refractivity contribution in [3.8, 4) is 0 Å². The van der Waals surface area contributed by atoms with E-state index in [1.54, 1.807) is 0 Å². The smallest absolute Gasteiger partial charge is 0.106 e. The van der Waals surface area contributed by atoms with Crippen LogP contribution in [-0.2, 0) is 30.4 Å². The third kappa shape index (κ3) is 5.41. The highest BCUT2D eigenvalue weighted by Crippen LogP contribution is 2.43. The highest BCUT2D eigenvalue weighted by atomic mass is 16.5. The fraction of sp³-hybridized carbons (Fsp3) is 0.600. The second kappa shape index (κ2) is 12.3. The standard InChI is InChI=1S/C28H38O4.C2H6/c1-4-7-21-22-9-6-8-20(22)19(14-18-12-10-17(3)11-13-18)15-23(21)28-24(16-29)26(30)27(31)25(5-2)32-28;1-2/h10-13,15,24-31H,4-9,14,16H2,1-3H3;1-2H3. The van der Waals surface area contributed by atoms with E-state index in [0.29, 0.717) is 6.42 Å². The third-order valence-corrected chi connectivity index (χ3v) is 7.46. The molecule has 1 aliphatic heterocycles. The molecule has 0 spiro atoms. The van der Waals surface area contributed by atoms with Gasteiger partial charge in [-0.15, -0.1) is 0 Å². The normalized spacial score (nSPS) is 26.1. The molecule has 4 heteroatoms. The highest BCUT2D eigenvalue weighted by Gasteiger charge is 2.45. The number of hydrogen-bond donors (Lipinski definition) is 3. The average molecular weight is 469 g/mol. The van der Waals surface area contributed by atoms with Crippen molar-refractivity contribution in [2.24, 2.45) is 5.92 Å². The molecule has 0 saturated carbocycles. The molecular weight excluding hydrogens is 424 g/mol. The lowest BCUT2D eigenvalue weighted by Gasteiger charge is -2.43. The summed E-state index contributed by atoms with van der Waals surface area (Å²) < 4.78 is 6.41. The van der Waals surface area contributed by atoms with E-state index < -0.39 is 30.3 Å². The number of rotatable bonds is 7. The van der Waals surface area contributed by atoms with E-state index in [9.17, 15) is 15.3 Å². The lowest BCUT2D eigenvalue weighted by molar-refractivity contribution is -0.210. The lowest BCUT2D eigenvalue weighted by Crippen LogP contribution is -2.52. The van der Waals surface area contributed by atoms with Crippen LogP contribution >= 0.6 is 0 Å². The van der Waals surface area contributed by atoms with Crippen molar-refractivity contribution in [3.05, 3.63) is 69.3 Å². The zero-order valence-electron chi connectivity index (χ0n) is 21.7. The first-order valence-corrected chi connectivity index (χ1v) is 13.3. The quantitative estimate of drug-likeness (QED) is 0.520. The Morgan fingerprint density at radius 1 is 0.971 bits per heavy atom. The predicted molar refractivity (Wildman–Crippen MR) is 138 cm³/mol. The first-order valence-electron chi connectivity index (χ1n) is 13.3. The highest BCUT2D eigenvalue weighted by molar-refractivity contribution is 5.51. The van der Waals surface area contributed by atoms with Gasteiger partial charge in [-0.2, -0.15) is 0 Å². The van der Waals surface area contributed by atoms with Gasteiger partial charge < -0.3 is 20.1 Å². The zero-order chi connectivity index (χ0) is 24.8. The minimum Gasteiger partial charge on any atom is -0.396 e. The minimum atomic E-state index is -0.994. The largest absolute Gasteiger partial charge is 0.396 e. The van der Waals surface area contributed by atoms with Crippen molar-refractivity contribution >= 4 is 0 Å². The van der Waals surface area contributed by atoms with Crippen LogP contribution in [0.25, 0.3) is 0 Å². The van der Waals surface area contributed by atoms with Gasteiger partial charge in [0.2, 0.25) is 0 Å². The molecule has 188 valence electrons. The molecule has 3 N–H and O–H groups in total. The molecule has 2 aromatic rings. The van der Waals surface area contributed by atoms with Crippen LogP contribution < -0.4 is 0 Å². The van der Waals surface area contributed by atoms with Crippen molar-refractivity contribution in [2.75, 3.05) is 6.61 Å². The Kier molecular flexibility index (Phi) is 9.73. The number of aliphatic hydroxyl groups excluding tert-OH is 3. The average Bonchev–Trinajstić information content (AvgIpc) is 3.35. The van der Waals surface area contributed by atoms with Gasteiger partial charge in [0.25, 0.3) is 0 Å². The van der Waals surface area contributed by atoms with Gasteiger partial charge in [-0.3, -0.25) is 0 Å². The second-order valence-electron chi connectivity index (χ2n) is 9.66. The van der Waals surface area contributed by atoms with Gasteiger partial charge >= 0.3 is 0 Å². The molecule has 1 aliphatic carbocycles. The summed E-state index contributed by atoms with van der Waals surface area (Å²) in [6.07, 6.45) is 4.07. The fourth-order valence-corrected chi connectivity index (χ4v) is 5.72. The molecule has 34 heavy (non-hydrogen) atoms. The van der Waals surface area contributed by atoms with Crippen LogP contribution in [0, 0.1) is 12.8 Å². The Labute approximate surface area is 206 Å². The molecule has 0 amide bonds. The molecular formula is C30H44O4. The molecule has 5 unspecified atom stereocenters. The van der Waals surface area contributed by atoms with Crippen molar-refractivity contribution in [1.82, 2.24) is 0 Å². The SMILES string of the molecule is CC.CCCc1c(C2OC(CC)C(O)C(O)C2CO)cc(Cc2ccc(C)cc2)c2c1CCC2. The Morgan fingerprint density at radius 3 is 2.26 bits per heavy atom. The van der Waals surface area contributed by atoms with Gasteiger partial charge in [0.1, 0.15) is 6.10 Å². The third-order valence-electron chi connectivity index (χ3n) is 7.46. The van der Waals surface area contributed by atoms with Gasteiger partial charge in [0, 0.05) is 5.92 Å². The monoisotopic (exact) mass is 468 g/mol. The van der Waals surface area contributed by atoms with Crippen molar-refractivity contribution in [1.29, 1.82) is 0 Å². The van der Waals surface area contributed by atoms with Crippen molar-refractivity contribution in [2.45, 2.75) is 104 Å². The number of benzene rings is 2. The molecule has 0 radical (unpaired) electrons. The summed E-state index contributed by atoms with van der Waals surface area (Å²) in [5.74, 6) is -0.532. The Bertz CT molecular complexity index is 920. The molecule has 1 heterocycles. The molecule has 4 rings (SSSR count). The summed E-state index contributed by atoms with van der Waals surface area (Å²) in [4.78, 5) is 0. The zero-order valence-corrected chi connectivity index (χ0v) is 21.7.